The predicted octanol–water partition coefficient (Wildman–Crippen LogP) is 3.21. The molecule has 1 aliphatic carbocycles. The van der Waals surface area contributed by atoms with E-state index in [0.717, 1.165) is 32.2 Å². The third-order valence-corrected chi connectivity index (χ3v) is 4.97. The van der Waals surface area contributed by atoms with Crippen LogP contribution in [0.3, 0.4) is 0 Å². The van der Waals surface area contributed by atoms with Gasteiger partial charge in [0.05, 0.1) is 0 Å². The van der Waals surface area contributed by atoms with Gasteiger partial charge in [-0.15, -0.1) is 0 Å². The highest BCUT2D eigenvalue weighted by molar-refractivity contribution is 5.98. The SMILES string of the molecule is CCN(C(=O)c1cccc(NC(=O)C2CCCO2)c1)C1CCCC1. The molecule has 1 aromatic carbocycles. The Bertz CT molecular complexity index is 590. The maximum atomic E-state index is 12.8. The van der Waals surface area contributed by atoms with Crippen molar-refractivity contribution >= 4 is 17.5 Å². The first-order valence-corrected chi connectivity index (χ1v) is 9.02. The molecule has 2 fully saturated rings. The standard InChI is InChI=1S/C19H26N2O3/c1-2-21(16-9-3-4-10-16)19(23)14-7-5-8-15(13-14)20-18(22)17-11-6-12-24-17/h5,7-8,13,16-17H,2-4,6,9-12H2,1H3,(H,20,22). The van der Waals surface area contributed by atoms with Gasteiger partial charge in [0.1, 0.15) is 6.10 Å². The molecule has 3 rings (SSSR count). The van der Waals surface area contributed by atoms with Gasteiger partial charge >= 0.3 is 0 Å². The van der Waals surface area contributed by atoms with E-state index in [1.54, 1.807) is 6.07 Å². The van der Waals surface area contributed by atoms with Crippen LogP contribution in [-0.2, 0) is 9.53 Å². The van der Waals surface area contributed by atoms with E-state index >= 15 is 0 Å². The zero-order valence-electron chi connectivity index (χ0n) is 14.3. The van der Waals surface area contributed by atoms with Gasteiger partial charge in [-0.1, -0.05) is 18.9 Å². The Morgan fingerprint density at radius 2 is 2.00 bits per heavy atom. The van der Waals surface area contributed by atoms with Crippen LogP contribution in [0.5, 0.6) is 0 Å². The van der Waals surface area contributed by atoms with Gasteiger partial charge in [0.2, 0.25) is 0 Å². The molecule has 0 bridgehead atoms. The fourth-order valence-corrected chi connectivity index (χ4v) is 3.69. The Morgan fingerprint density at radius 1 is 1.21 bits per heavy atom. The molecule has 2 aliphatic rings. The number of amides is 2. The van der Waals surface area contributed by atoms with Crippen molar-refractivity contribution in [2.75, 3.05) is 18.5 Å². The molecule has 1 atom stereocenters. The first-order valence-electron chi connectivity index (χ1n) is 9.02. The topological polar surface area (TPSA) is 58.6 Å². The molecule has 1 unspecified atom stereocenters. The molecule has 1 heterocycles. The quantitative estimate of drug-likeness (QED) is 0.902. The average Bonchev–Trinajstić information content (AvgIpc) is 3.29. The number of carbonyl (C=O) groups excluding carboxylic acids is 2. The first kappa shape index (κ1) is 17.0. The lowest BCUT2D eigenvalue weighted by Gasteiger charge is -2.28. The maximum Gasteiger partial charge on any atom is 0.254 e. The monoisotopic (exact) mass is 330 g/mol. The number of benzene rings is 1. The van der Waals surface area contributed by atoms with Crippen molar-refractivity contribution in [3.8, 4) is 0 Å². The Labute approximate surface area is 143 Å². The van der Waals surface area contributed by atoms with Crippen LogP contribution in [0.4, 0.5) is 5.69 Å². The summed E-state index contributed by atoms with van der Waals surface area (Å²) in [6.07, 6.45) is 5.90. The number of anilines is 1. The smallest absolute Gasteiger partial charge is 0.254 e. The van der Waals surface area contributed by atoms with Crippen molar-refractivity contribution in [2.45, 2.75) is 57.6 Å². The lowest BCUT2D eigenvalue weighted by atomic mass is 10.1. The summed E-state index contributed by atoms with van der Waals surface area (Å²) in [5.41, 5.74) is 1.29. The van der Waals surface area contributed by atoms with Crippen LogP contribution in [-0.4, -0.2) is 42.0 Å². The van der Waals surface area contributed by atoms with Gasteiger partial charge in [-0.25, -0.2) is 0 Å². The molecule has 1 saturated carbocycles. The fraction of sp³-hybridized carbons (Fsp3) is 0.579. The maximum absolute atomic E-state index is 12.8. The van der Waals surface area contributed by atoms with Crippen LogP contribution < -0.4 is 5.32 Å². The van der Waals surface area contributed by atoms with Crippen LogP contribution in [0.2, 0.25) is 0 Å². The summed E-state index contributed by atoms with van der Waals surface area (Å²) in [7, 11) is 0. The van der Waals surface area contributed by atoms with Gasteiger partial charge < -0.3 is 15.0 Å². The third-order valence-electron chi connectivity index (χ3n) is 4.97. The van der Waals surface area contributed by atoms with Crippen molar-refractivity contribution < 1.29 is 14.3 Å². The van der Waals surface area contributed by atoms with Gasteiger partial charge in [0.15, 0.2) is 0 Å². The van der Waals surface area contributed by atoms with Crippen LogP contribution in [0.1, 0.15) is 55.8 Å². The zero-order valence-corrected chi connectivity index (χ0v) is 14.3. The van der Waals surface area contributed by atoms with Gasteiger partial charge in [0.25, 0.3) is 11.8 Å². The van der Waals surface area contributed by atoms with Crippen LogP contribution in [0, 0.1) is 0 Å². The number of hydrogen-bond acceptors (Lipinski definition) is 3. The molecule has 2 amide bonds. The molecular formula is C19H26N2O3. The van der Waals surface area contributed by atoms with Crippen molar-refractivity contribution in [3.63, 3.8) is 0 Å². The van der Waals surface area contributed by atoms with Crippen LogP contribution >= 0.6 is 0 Å². The minimum absolute atomic E-state index is 0.0533. The van der Waals surface area contributed by atoms with E-state index in [2.05, 4.69) is 5.32 Å². The summed E-state index contributed by atoms with van der Waals surface area (Å²) in [5, 5.41) is 2.87. The molecule has 0 spiro atoms. The lowest BCUT2D eigenvalue weighted by molar-refractivity contribution is -0.124. The fourth-order valence-electron chi connectivity index (χ4n) is 3.69. The third kappa shape index (κ3) is 3.78. The van der Waals surface area contributed by atoms with E-state index < -0.39 is 0 Å². The number of rotatable bonds is 5. The Kier molecular flexibility index (Phi) is 5.51. The predicted molar refractivity (Wildman–Crippen MR) is 93.0 cm³/mol. The molecule has 0 aromatic heterocycles. The number of hydrogen-bond donors (Lipinski definition) is 1. The highest BCUT2D eigenvalue weighted by Gasteiger charge is 2.27. The van der Waals surface area contributed by atoms with E-state index in [4.69, 9.17) is 4.74 Å². The van der Waals surface area contributed by atoms with Crippen molar-refractivity contribution in [3.05, 3.63) is 29.8 Å². The van der Waals surface area contributed by atoms with Gasteiger partial charge in [-0.05, 0) is 50.8 Å². The Hall–Kier alpha value is -1.88. The number of carbonyl (C=O) groups is 2. The summed E-state index contributed by atoms with van der Waals surface area (Å²) in [5.74, 6) is -0.0714. The molecule has 0 radical (unpaired) electrons. The normalized spacial score (nSPS) is 21.0. The lowest BCUT2D eigenvalue weighted by Crippen LogP contribution is -2.38. The zero-order chi connectivity index (χ0) is 16.9. The molecule has 5 nitrogen and oxygen atoms in total. The molecule has 1 aliphatic heterocycles. The second-order valence-corrected chi connectivity index (χ2v) is 6.60. The Morgan fingerprint density at radius 3 is 2.67 bits per heavy atom. The van der Waals surface area contributed by atoms with Gasteiger partial charge in [0, 0.05) is 30.4 Å². The van der Waals surface area contributed by atoms with Gasteiger partial charge in [-0.2, -0.15) is 0 Å². The van der Waals surface area contributed by atoms with E-state index in [-0.39, 0.29) is 17.9 Å². The average molecular weight is 330 g/mol. The second-order valence-electron chi connectivity index (χ2n) is 6.60. The number of ether oxygens (including phenoxy) is 1. The van der Waals surface area contributed by atoms with E-state index in [0.29, 0.717) is 23.9 Å². The van der Waals surface area contributed by atoms with Crippen molar-refractivity contribution in [1.82, 2.24) is 4.90 Å². The number of nitrogens with one attached hydrogen (secondary N) is 1. The van der Waals surface area contributed by atoms with E-state index in [9.17, 15) is 9.59 Å². The van der Waals surface area contributed by atoms with Crippen molar-refractivity contribution in [2.24, 2.45) is 0 Å². The molecule has 24 heavy (non-hydrogen) atoms. The highest BCUT2D eigenvalue weighted by atomic mass is 16.5. The summed E-state index contributed by atoms with van der Waals surface area (Å²) in [4.78, 5) is 27.0. The molecule has 5 heteroatoms. The molecule has 1 N–H and O–H groups in total. The second kappa shape index (κ2) is 7.79. The van der Waals surface area contributed by atoms with Crippen LogP contribution in [0.15, 0.2) is 24.3 Å². The summed E-state index contributed by atoms with van der Waals surface area (Å²) >= 11 is 0. The Balaban J connectivity index is 1.69. The van der Waals surface area contributed by atoms with E-state index in [1.165, 1.54) is 12.8 Å². The van der Waals surface area contributed by atoms with Crippen molar-refractivity contribution in [1.29, 1.82) is 0 Å². The summed E-state index contributed by atoms with van der Waals surface area (Å²) in [6.45, 7) is 3.39. The summed E-state index contributed by atoms with van der Waals surface area (Å²) in [6, 6.07) is 7.58. The summed E-state index contributed by atoms with van der Waals surface area (Å²) < 4.78 is 5.40. The first-order chi connectivity index (χ1) is 11.7. The minimum Gasteiger partial charge on any atom is -0.368 e. The highest BCUT2D eigenvalue weighted by Crippen LogP contribution is 2.25. The molecule has 1 saturated heterocycles. The van der Waals surface area contributed by atoms with E-state index in [1.807, 2.05) is 30.0 Å². The largest absolute Gasteiger partial charge is 0.368 e. The minimum atomic E-state index is -0.366. The molecular weight excluding hydrogens is 304 g/mol. The molecule has 1 aromatic rings. The molecule has 130 valence electrons. The van der Waals surface area contributed by atoms with Gasteiger partial charge in [-0.3, -0.25) is 9.59 Å². The number of nitrogens with zero attached hydrogens (tertiary/aromatic N) is 1. The van der Waals surface area contributed by atoms with Crippen LogP contribution in [0.25, 0.3) is 0 Å².